The molecule has 4 aromatic carbocycles. The van der Waals surface area contributed by atoms with Crippen LogP contribution in [0.15, 0.2) is 88.3 Å². The lowest BCUT2D eigenvalue weighted by Gasteiger charge is -2.23. The van der Waals surface area contributed by atoms with Gasteiger partial charge in [-0.25, -0.2) is 22.7 Å². The van der Waals surface area contributed by atoms with Crippen LogP contribution in [0.5, 0.6) is 0 Å². The van der Waals surface area contributed by atoms with E-state index in [1.54, 1.807) is 26.0 Å². The molecule has 0 radical (unpaired) electrons. The Kier molecular flexibility index (Phi) is 10.4. The summed E-state index contributed by atoms with van der Waals surface area (Å²) in [5.41, 5.74) is 10.1. The van der Waals surface area contributed by atoms with Gasteiger partial charge in [-0.3, -0.25) is 0 Å². The summed E-state index contributed by atoms with van der Waals surface area (Å²) in [6.45, 7) is 10.9. The van der Waals surface area contributed by atoms with Crippen molar-refractivity contribution in [2.45, 2.75) is 65.5 Å². The SMILES string of the molecule is CCCc1nc2c(C)cc(-c3nc4ccccc4n3C)cc2n1Cc1ccc(-c2ccccc2S(=O)(=O)N(COC)c2noc(C)c2C)c(COCC)c1. The van der Waals surface area contributed by atoms with E-state index in [2.05, 4.69) is 65.5 Å². The standard InChI is InChI=1S/C42H46N6O5S/c1-8-14-39-44-40-27(3)21-31(42-43-35-16-11-12-17-36(35)46(42)6)23-37(40)47(39)24-30-19-20-33(32(22-30)25-52-9-2)34-15-10-13-18-38(34)54(49,50)48(26-51-7)41-28(4)29(5)53-45-41/h10-13,15-23H,8-9,14,24-26H2,1-7H3. The van der Waals surface area contributed by atoms with Crippen molar-refractivity contribution in [2.75, 3.05) is 24.8 Å². The highest BCUT2D eigenvalue weighted by atomic mass is 32.2. The van der Waals surface area contributed by atoms with E-state index in [0.29, 0.717) is 36.6 Å². The minimum Gasteiger partial charge on any atom is -0.377 e. The number of hydrogen-bond donors (Lipinski definition) is 0. The molecule has 54 heavy (non-hydrogen) atoms. The van der Waals surface area contributed by atoms with Gasteiger partial charge in [-0.2, -0.15) is 0 Å². The number of imidazole rings is 2. The van der Waals surface area contributed by atoms with E-state index in [1.165, 1.54) is 7.11 Å². The molecule has 0 aliphatic carbocycles. The van der Waals surface area contributed by atoms with Crippen molar-refractivity contribution in [3.63, 3.8) is 0 Å². The highest BCUT2D eigenvalue weighted by Gasteiger charge is 2.32. The Morgan fingerprint density at radius 2 is 1.67 bits per heavy atom. The zero-order valence-corrected chi connectivity index (χ0v) is 32.7. The van der Waals surface area contributed by atoms with Crippen molar-refractivity contribution in [3.8, 4) is 22.5 Å². The normalized spacial score (nSPS) is 12.0. The van der Waals surface area contributed by atoms with Crippen LogP contribution in [0.2, 0.25) is 0 Å². The average molecular weight is 747 g/mol. The second-order valence-electron chi connectivity index (χ2n) is 13.6. The van der Waals surface area contributed by atoms with Crippen molar-refractivity contribution in [2.24, 2.45) is 7.05 Å². The molecule has 0 N–H and O–H groups in total. The van der Waals surface area contributed by atoms with Crippen LogP contribution in [0.4, 0.5) is 5.82 Å². The summed E-state index contributed by atoms with van der Waals surface area (Å²) in [6, 6.07) is 25.8. The van der Waals surface area contributed by atoms with Crippen molar-refractivity contribution < 1.29 is 22.4 Å². The first-order chi connectivity index (χ1) is 26.1. The maximum atomic E-state index is 14.5. The Morgan fingerprint density at radius 1 is 0.889 bits per heavy atom. The summed E-state index contributed by atoms with van der Waals surface area (Å²) in [4.78, 5) is 10.3. The van der Waals surface area contributed by atoms with Crippen LogP contribution in [0.3, 0.4) is 0 Å². The largest absolute Gasteiger partial charge is 0.377 e. The number of benzene rings is 4. The topological polar surface area (TPSA) is 118 Å². The number of fused-ring (bicyclic) bond motifs is 2. The predicted octanol–water partition coefficient (Wildman–Crippen LogP) is 8.51. The summed E-state index contributed by atoms with van der Waals surface area (Å²) in [6.07, 6.45) is 1.78. The maximum Gasteiger partial charge on any atom is 0.268 e. The van der Waals surface area contributed by atoms with E-state index in [1.807, 2.05) is 43.3 Å². The minimum atomic E-state index is -4.15. The minimum absolute atomic E-state index is 0.128. The van der Waals surface area contributed by atoms with Gasteiger partial charge in [-0.15, -0.1) is 0 Å². The fourth-order valence-corrected chi connectivity index (χ4v) is 8.71. The zero-order valence-electron chi connectivity index (χ0n) is 31.9. The molecule has 11 nitrogen and oxygen atoms in total. The van der Waals surface area contributed by atoms with Crippen LogP contribution in [0, 0.1) is 20.8 Å². The van der Waals surface area contributed by atoms with Gasteiger partial charge in [0.1, 0.15) is 24.1 Å². The molecule has 0 spiro atoms. The summed E-state index contributed by atoms with van der Waals surface area (Å²) in [5, 5.41) is 4.08. The van der Waals surface area contributed by atoms with Crippen LogP contribution >= 0.6 is 0 Å². The summed E-state index contributed by atoms with van der Waals surface area (Å²) in [7, 11) is -0.638. The molecule has 0 amide bonds. The Bertz CT molecular complexity index is 2590. The van der Waals surface area contributed by atoms with Crippen molar-refractivity contribution >= 4 is 37.9 Å². The number of aryl methyl sites for hydroxylation is 4. The van der Waals surface area contributed by atoms with Crippen molar-refractivity contribution in [1.29, 1.82) is 0 Å². The molecule has 3 aromatic heterocycles. The number of sulfonamides is 1. The first kappa shape index (κ1) is 37.0. The number of rotatable bonds is 14. The van der Waals surface area contributed by atoms with Crippen LogP contribution in [0.1, 0.15) is 54.1 Å². The highest BCUT2D eigenvalue weighted by Crippen LogP contribution is 2.36. The van der Waals surface area contributed by atoms with E-state index in [0.717, 1.165) is 78.7 Å². The van der Waals surface area contributed by atoms with Gasteiger partial charge in [-0.05, 0) is 86.7 Å². The highest BCUT2D eigenvalue weighted by molar-refractivity contribution is 7.93. The van der Waals surface area contributed by atoms with Crippen LogP contribution in [-0.2, 0) is 46.1 Å². The van der Waals surface area contributed by atoms with E-state index < -0.39 is 10.0 Å². The lowest BCUT2D eigenvalue weighted by atomic mass is 9.97. The van der Waals surface area contributed by atoms with E-state index in [-0.39, 0.29) is 17.4 Å². The van der Waals surface area contributed by atoms with Gasteiger partial charge in [0.05, 0.1) is 33.6 Å². The fourth-order valence-electron chi connectivity index (χ4n) is 7.12. The summed E-state index contributed by atoms with van der Waals surface area (Å²) < 4.78 is 51.2. The Balaban J connectivity index is 1.32. The van der Waals surface area contributed by atoms with E-state index in [4.69, 9.17) is 24.0 Å². The van der Waals surface area contributed by atoms with Gasteiger partial charge >= 0.3 is 0 Å². The number of para-hydroxylation sites is 2. The van der Waals surface area contributed by atoms with E-state index >= 15 is 0 Å². The Labute approximate surface area is 316 Å². The zero-order chi connectivity index (χ0) is 38.1. The van der Waals surface area contributed by atoms with Gasteiger partial charge in [0.2, 0.25) is 0 Å². The number of aromatic nitrogens is 5. The number of nitrogens with zero attached hydrogens (tertiary/aromatic N) is 6. The third-order valence-corrected chi connectivity index (χ3v) is 11.7. The molecular weight excluding hydrogens is 701 g/mol. The second kappa shape index (κ2) is 15.2. The molecule has 3 heterocycles. The number of methoxy groups -OCH3 is 1. The molecular formula is C42H46N6O5S. The monoisotopic (exact) mass is 746 g/mol. The second-order valence-corrected chi connectivity index (χ2v) is 15.4. The van der Waals surface area contributed by atoms with Gasteiger partial charge < -0.3 is 23.1 Å². The molecule has 0 saturated heterocycles. The van der Waals surface area contributed by atoms with Gasteiger partial charge in [0.25, 0.3) is 10.0 Å². The predicted molar refractivity (Wildman–Crippen MR) is 212 cm³/mol. The van der Waals surface area contributed by atoms with Gasteiger partial charge in [0.15, 0.2) is 5.82 Å². The number of ether oxygens (including phenoxy) is 2. The molecule has 280 valence electrons. The van der Waals surface area contributed by atoms with Crippen LogP contribution in [-0.4, -0.2) is 53.1 Å². The van der Waals surface area contributed by atoms with Crippen molar-refractivity contribution in [3.05, 3.63) is 113 Å². The van der Waals surface area contributed by atoms with Gasteiger partial charge in [0, 0.05) is 50.4 Å². The molecule has 0 unspecified atom stereocenters. The average Bonchev–Trinajstić information content (AvgIpc) is 3.81. The van der Waals surface area contributed by atoms with E-state index in [9.17, 15) is 8.42 Å². The molecule has 0 aliphatic heterocycles. The molecule has 0 atom stereocenters. The Morgan fingerprint density at radius 3 is 2.39 bits per heavy atom. The lowest BCUT2D eigenvalue weighted by molar-refractivity contribution is 0.134. The molecule has 7 rings (SSSR count). The van der Waals surface area contributed by atoms with Crippen LogP contribution < -0.4 is 4.31 Å². The van der Waals surface area contributed by atoms with Crippen molar-refractivity contribution in [1.82, 2.24) is 24.3 Å². The molecule has 0 aliphatic rings. The number of anilines is 1. The first-order valence-electron chi connectivity index (χ1n) is 18.2. The quantitative estimate of drug-likeness (QED) is 0.102. The Hall–Kier alpha value is -5.30. The fraction of sp³-hybridized carbons (Fsp3) is 0.310. The summed E-state index contributed by atoms with van der Waals surface area (Å²) in [5.74, 6) is 2.65. The summed E-state index contributed by atoms with van der Waals surface area (Å²) >= 11 is 0. The molecule has 0 saturated carbocycles. The maximum absolute atomic E-state index is 14.5. The molecule has 7 aromatic rings. The first-order valence-corrected chi connectivity index (χ1v) is 19.7. The lowest BCUT2D eigenvalue weighted by Crippen LogP contribution is -2.34. The third kappa shape index (κ3) is 6.69. The molecule has 0 bridgehead atoms. The number of hydrogen-bond acceptors (Lipinski definition) is 8. The molecule has 0 fully saturated rings. The van der Waals surface area contributed by atoms with Crippen LogP contribution in [0.25, 0.3) is 44.6 Å². The third-order valence-electron chi connectivity index (χ3n) is 9.97. The smallest absolute Gasteiger partial charge is 0.268 e. The van der Waals surface area contributed by atoms with Gasteiger partial charge in [-0.1, -0.05) is 60.6 Å². The molecule has 12 heteroatoms.